The van der Waals surface area contributed by atoms with Gasteiger partial charge in [0.05, 0.1) is 4.47 Å². The highest BCUT2D eigenvalue weighted by Crippen LogP contribution is 2.30. The predicted molar refractivity (Wildman–Crippen MR) is 68.5 cm³/mol. The molecule has 0 aliphatic carbocycles. The molecule has 18 heavy (non-hydrogen) atoms. The zero-order valence-electron chi connectivity index (χ0n) is 9.29. The lowest BCUT2D eigenvalue weighted by Crippen LogP contribution is -2.01. The number of hydrogen-bond acceptors (Lipinski definition) is 2. The molecule has 0 heterocycles. The van der Waals surface area contributed by atoms with Gasteiger partial charge in [0, 0.05) is 18.2 Å². The highest BCUT2D eigenvalue weighted by atomic mass is 79.9. The molecule has 0 unspecified atom stereocenters. The summed E-state index contributed by atoms with van der Waals surface area (Å²) in [6.45, 7) is 0.145. The van der Waals surface area contributed by atoms with Gasteiger partial charge < -0.3 is 10.5 Å². The van der Waals surface area contributed by atoms with E-state index >= 15 is 0 Å². The van der Waals surface area contributed by atoms with E-state index in [0.717, 1.165) is 0 Å². The number of nitrogens with two attached hydrogens (primary N) is 1. The zero-order chi connectivity index (χ0) is 13.1. The van der Waals surface area contributed by atoms with Gasteiger partial charge in [0.15, 0.2) is 11.6 Å². The van der Waals surface area contributed by atoms with Crippen LogP contribution < -0.4 is 10.5 Å². The smallest absolute Gasteiger partial charge is 0.167 e. The third kappa shape index (κ3) is 2.68. The lowest BCUT2D eigenvalue weighted by atomic mass is 10.2. The first kappa shape index (κ1) is 13.0. The summed E-state index contributed by atoms with van der Waals surface area (Å²) in [6.07, 6.45) is 0. The van der Waals surface area contributed by atoms with Gasteiger partial charge in [-0.25, -0.2) is 8.78 Å². The molecular formula is C13H10BrF2NO. The predicted octanol–water partition coefficient (Wildman–Crippen LogP) is 3.98. The number of rotatable bonds is 3. The minimum absolute atomic E-state index is 0.0294. The Labute approximate surface area is 112 Å². The van der Waals surface area contributed by atoms with Crippen LogP contribution in [0.15, 0.2) is 40.9 Å². The Morgan fingerprint density at radius 1 is 1.11 bits per heavy atom. The van der Waals surface area contributed by atoms with Crippen LogP contribution in [0.2, 0.25) is 0 Å². The fourth-order valence-electron chi connectivity index (χ4n) is 1.49. The second-order valence-electron chi connectivity index (χ2n) is 3.61. The maximum atomic E-state index is 13.6. The van der Waals surface area contributed by atoms with Gasteiger partial charge in [-0.2, -0.15) is 0 Å². The van der Waals surface area contributed by atoms with Gasteiger partial charge in [-0.05, 0) is 34.1 Å². The molecule has 0 aliphatic heterocycles. The van der Waals surface area contributed by atoms with E-state index in [1.807, 2.05) is 0 Å². The third-order valence-corrected chi connectivity index (χ3v) is 3.02. The molecule has 0 spiro atoms. The summed E-state index contributed by atoms with van der Waals surface area (Å²) >= 11 is 3.03. The Morgan fingerprint density at radius 2 is 1.89 bits per heavy atom. The molecule has 0 saturated carbocycles. The third-order valence-electron chi connectivity index (χ3n) is 2.38. The highest BCUT2D eigenvalue weighted by Gasteiger charge is 2.11. The van der Waals surface area contributed by atoms with E-state index in [4.69, 9.17) is 10.5 Å². The molecule has 0 aliphatic rings. The van der Waals surface area contributed by atoms with Crippen LogP contribution in [0.5, 0.6) is 11.5 Å². The van der Waals surface area contributed by atoms with Gasteiger partial charge in [0.2, 0.25) is 0 Å². The lowest BCUT2D eigenvalue weighted by Gasteiger charge is -2.11. The van der Waals surface area contributed by atoms with Crippen molar-refractivity contribution in [2.75, 3.05) is 0 Å². The van der Waals surface area contributed by atoms with Crippen molar-refractivity contribution in [3.63, 3.8) is 0 Å². The van der Waals surface area contributed by atoms with Crippen LogP contribution in [0.1, 0.15) is 5.56 Å². The molecule has 2 nitrogen and oxygen atoms in total. The van der Waals surface area contributed by atoms with Crippen LogP contribution in [0, 0.1) is 11.6 Å². The molecule has 0 bridgehead atoms. The number of ether oxygens (including phenoxy) is 1. The number of halogens is 3. The van der Waals surface area contributed by atoms with E-state index in [0.29, 0.717) is 10.0 Å². The fourth-order valence-corrected chi connectivity index (χ4v) is 1.73. The molecule has 0 aromatic heterocycles. The van der Waals surface area contributed by atoms with Crippen molar-refractivity contribution in [1.29, 1.82) is 0 Å². The van der Waals surface area contributed by atoms with Crippen LogP contribution >= 0.6 is 15.9 Å². The van der Waals surface area contributed by atoms with Gasteiger partial charge in [0.1, 0.15) is 11.6 Å². The van der Waals surface area contributed by atoms with Gasteiger partial charge in [-0.15, -0.1) is 0 Å². The lowest BCUT2D eigenvalue weighted by molar-refractivity contribution is 0.433. The van der Waals surface area contributed by atoms with E-state index in [2.05, 4.69) is 15.9 Å². The summed E-state index contributed by atoms with van der Waals surface area (Å²) in [5.74, 6) is -0.753. The summed E-state index contributed by atoms with van der Waals surface area (Å²) in [5, 5.41) is 0. The average Bonchev–Trinajstić information content (AvgIpc) is 2.36. The SMILES string of the molecule is NCc1cccc(F)c1Oc1ccc(Br)c(F)c1. The molecule has 2 rings (SSSR count). The van der Waals surface area contributed by atoms with E-state index in [1.54, 1.807) is 18.2 Å². The molecule has 0 saturated heterocycles. The van der Waals surface area contributed by atoms with E-state index < -0.39 is 11.6 Å². The Bertz CT molecular complexity index is 575. The Morgan fingerprint density at radius 3 is 2.56 bits per heavy atom. The Balaban J connectivity index is 2.36. The van der Waals surface area contributed by atoms with Crippen molar-refractivity contribution >= 4 is 15.9 Å². The summed E-state index contributed by atoms with van der Waals surface area (Å²) < 4.78 is 32.6. The molecule has 0 atom stereocenters. The normalized spacial score (nSPS) is 10.4. The molecule has 2 aromatic rings. The van der Waals surface area contributed by atoms with Crippen molar-refractivity contribution in [1.82, 2.24) is 0 Å². The topological polar surface area (TPSA) is 35.2 Å². The van der Waals surface area contributed by atoms with Crippen molar-refractivity contribution in [2.24, 2.45) is 5.73 Å². The first-order chi connectivity index (χ1) is 8.61. The molecule has 2 N–H and O–H groups in total. The molecule has 5 heteroatoms. The molecule has 0 amide bonds. The van der Waals surface area contributed by atoms with Crippen LogP contribution in [0.25, 0.3) is 0 Å². The largest absolute Gasteiger partial charge is 0.454 e. The van der Waals surface area contributed by atoms with Crippen molar-refractivity contribution in [3.05, 3.63) is 58.1 Å². The first-order valence-electron chi connectivity index (χ1n) is 5.22. The first-order valence-corrected chi connectivity index (χ1v) is 6.01. The molecule has 94 valence electrons. The monoisotopic (exact) mass is 313 g/mol. The number of benzene rings is 2. The molecule has 0 fully saturated rings. The number of para-hydroxylation sites is 1. The maximum absolute atomic E-state index is 13.6. The average molecular weight is 314 g/mol. The second kappa shape index (κ2) is 5.46. The summed E-state index contributed by atoms with van der Waals surface area (Å²) in [4.78, 5) is 0. The van der Waals surface area contributed by atoms with Crippen molar-refractivity contribution in [2.45, 2.75) is 6.54 Å². The van der Waals surface area contributed by atoms with Gasteiger partial charge in [0.25, 0.3) is 0 Å². The van der Waals surface area contributed by atoms with E-state index in [-0.39, 0.29) is 18.0 Å². The molecular weight excluding hydrogens is 304 g/mol. The van der Waals surface area contributed by atoms with Crippen LogP contribution in [-0.2, 0) is 6.54 Å². The maximum Gasteiger partial charge on any atom is 0.167 e. The Hall–Kier alpha value is -1.46. The summed E-state index contributed by atoms with van der Waals surface area (Å²) in [6, 6.07) is 8.69. The van der Waals surface area contributed by atoms with Crippen LogP contribution in [0.3, 0.4) is 0 Å². The van der Waals surface area contributed by atoms with Crippen molar-refractivity contribution < 1.29 is 13.5 Å². The van der Waals surface area contributed by atoms with Gasteiger partial charge in [-0.1, -0.05) is 12.1 Å². The second-order valence-corrected chi connectivity index (χ2v) is 4.46. The summed E-state index contributed by atoms with van der Waals surface area (Å²) in [7, 11) is 0. The minimum atomic E-state index is -0.527. The fraction of sp³-hybridized carbons (Fsp3) is 0.0769. The zero-order valence-corrected chi connectivity index (χ0v) is 10.9. The van der Waals surface area contributed by atoms with E-state index in [1.165, 1.54) is 18.2 Å². The Kier molecular flexibility index (Phi) is 3.93. The van der Waals surface area contributed by atoms with E-state index in [9.17, 15) is 8.78 Å². The van der Waals surface area contributed by atoms with Crippen LogP contribution in [-0.4, -0.2) is 0 Å². The van der Waals surface area contributed by atoms with Gasteiger partial charge >= 0.3 is 0 Å². The van der Waals surface area contributed by atoms with Crippen LogP contribution in [0.4, 0.5) is 8.78 Å². The standard InChI is InChI=1S/C13H10BrF2NO/c14-10-5-4-9(6-12(10)16)18-13-8(7-17)2-1-3-11(13)15/h1-6H,7,17H2. The summed E-state index contributed by atoms with van der Waals surface area (Å²) in [5.41, 5.74) is 6.03. The van der Waals surface area contributed by atoms with Gasteiger partial charge in [-0.3, -0.25) is 0 Å². The molecule has 0 radical (unpaired) electrons. The number of hydrogen-bond donors (Lipinski definition) is 1. The minimum Gasteiger partial charge on any atom is -0.454 e. The molecule has 2 aromatic carbocycles. The highest BCUT2D eigenvalue weighted by molar-refractivity contribution is 9.10. The van der Waals surface area contributed by atoms with Crippen molar-refractivity contribution in [3.8, 4) is 11.5 Å². The quantitative estimate of drug-likeness (QED) is 0.930.